The van der Waals surface area contributed by atoms with Crippen LogP contribution in [0.1, 0.15) is 18.4 Å². The van der Waals surface area contributed by atoms with Crippen molar-refractivity contribution in [2.24, 2.45) is 5.92 Å². The summed E-state index contributed by atoms with van der Waals surface area (Å²) in [6, 6.07) is 7.73. The number of hydrogen-bond acceptors (Lipinski definition) is 8. The minimum atomic E-state index is -0.857. The predicted octanol–water partition coefficient (Wildman–Crippen LogP) is 3.51. The minimum absolute atomic E-state index is 0.0508. The summed E-state index contributed by atoms with van der Waals surface area (Å²) in [5.41, 5.74) is 2.15. The van der Waals surface area contributed by atoms with Crippen molar-refractivity contribution in [3.8, 4) is 5.75 Å². The Hall–Kier alpha value is -4.06. The van der Waals surface area contributed by atoms with E-state index in [1.807, 2.05) is 4.90 Å². The summed E-state index contributed by atoms with van der Waals surface area (Å²) < 4.78 is 30.1. The van der Waals surface area contributed by atoms with E-state index in [0.717, 1.165) is 0 Å². The first kappa shape index (κ1) is 27.5. The molecule has 1 saturated heterocycles. The van der Waals surface area contributed by atoms with Gasteiger partial charge in [0.25, 0.3) is 0 Å². The Morgan fingerprint density at radius 2 is 1.76 bits per heavy atom. The first-order valence-corrected chi connectivity index (χ1v) is 11.6. The number of carbonyl (C=O) groups excluding carboxylic acids is 2. The molecule has 2 aromatic rings. The molecule has 2 amide bonds. The summed E-state index contributed by atoms with van der Waals surface area (Å²) in [4.78, 5) is 37.1. The second-order valence-corrected chi connectivity index (χ2v) is 8.39. The highest BCUT2D eigenvalue weighted by Gasteiger charge is 2.28. The van der Waals surface area contributed by atoms with Crippen molar-refractivity contribution in [2.75, 3.05) is 61.9 Å². The van der Waals surface area contributed by atoms with Gasteiger partial charge in [-0.15, -0.1) is 0 Å². The van der Waals surface area contributed by atoms with Crippen molar-refractivity contribution in [3.05, 3.63) is 41.7 Å². The average molecular weight is 519 g/mol. The van der Waals surface area contributed by atoms with Gasteiger partial charge >= 0.3 is 12.1 Å². The van der Waals surface area contributed by atoms with Crippen LogP contribution in [0.15, 0.2) is 30.3 Å². The molecular weight excluding hydrogens is 487 g/mol. The van der Waals surface area contributed by atoms with E-state index < -0.39 is 23.8 Å². The van der Waals surface area contributed by atoms with Crippen LogP contribution in [-0.4, -0.2) is 64.1 Å². The number of aliphatic carboxylic acids is 1. The number of nitrogens with one attached hydrogen (secondary N) is 3. The predicted molar refractivity (Wildman–Crippen MR) is 136 cm³/mol. The molecule has 12 heteroatoms. The molecule has 1 aliphatic rings. The van der Waals surface area contributed by atoms with Crippen LogP contribution in [0.25, 0.3) is 0 Å². The number of carboxylic acids is 1. The van der Waals surface area contributed by atoms with Crippen molar-refractivity contribution >= 4 is 40.7 Å². The fraction of sp³-hybridized carbons (Fsp3) is 0.400. The summed E-state index contributed by atoms with van der Waals surface area (Å²) in [6.07, 6.45) is 0.0799. The van der Waals surface area contributed by atoms with Crippen LogP contribution in [-0.2, 0) is 25.6 Å². The van der Waals surface area contributed by atoms with Gasteiger partial charge in [-0.25, -0.2) is 9.18 Å². The molecule has 0 unspecified atom stereocenters. The largest absolute Gasteiger partial charge is 0.494 e. The van der Waals surface area contributed by atoms with E-state index >= 15 is 4.39 Å². The van der Waals surface area contributed by atoms with Gasteiger partial charge in [0, 0.05) is 44.1 Å². The maximum atomic E-state index is 15.1. The number of hydrogen-bond donors (Lipinski definition) is 4. The molecule has 1 aliphatic heterocycles. The number of amides is 2. The van der Waals surface area contributed by atoms with E-state index in [1.165, 1.54) is 33.5 Å². The van der Waals surface area contributed by atoms with Crippen molar-refractivity contribution in [1.82, 2.24) is 0 Å². The maximum absolute atomic E-state index is 15.1. The van der Waals surface area contributed by atoms with Crippen LogP contribution in [0.4, 0.5) is 31.9 Å². The fourth-order valence-corrected chi connectivity index (χ4v) is 4.17. The molecule has 11 nitrogen and oxygen atoms in total. The molecule has 0 saturated carbocycles. The van der Waals surface area contributed by atoms with E-state index in [2.05, 4.69) is 16.0 Å². The number of carboxylic acid groups (broad SMARTS) is 1. The molecule has 0 atom stereocenters. The zero-order valence-corrected chi connectivity index (χ0v) is 20.9. The van der Waals surface area contributed by atoms with Gasteiger partial charge in [-0.05, 0) is 37.1 Å². The lowest BCUT2D eigenvalue weighted by atomic mass is 9.95. The molecule has 200 valence electrons. The molecule has 0 spiro atoms. The van der Waals surface area contributed by atoms with Crippen LogP contribution >= 0.6 is 0 Å². The van der Waals surface area contributed by atoms with E-state index in [1.54, 1.807) is 18.2 Å². The van der Waals surface area contributed by atoms with Gasteiger partial charge in [0.1, 0.15) is 18.2 Å². The molecule has 37 heavy (non-hydrogen) atoms. The second-order valence-electron chi connectivity index (χ2n) is 8.39. The van der Waals surface area contributed by atoms with Crippen LogP contribution in [0.2, 0.25) is 0 Å². The molecule has 0 radical (unpaired) electrons. The van der Waals surface area contributed by atoms with E-state index in [9.17, 15) is 19.5 Å². The van der Waals surface area contributed by atoms with Crippen molar-refractivity contribution in [3.63, 3.8) is 0 Å². The number of rotatable bonds is 10. The molecule has 1 heterocycles. The summed E-state index contributed by atoms with van der Waals surface area (Å²) >= 11 is 0. The number of nitrogens with zero attached hydrogens (tertiary/aromatic N) is 1. The van der Waals surface area contributed by atoms with Gasteiger partial charge in [0.05, 0.1) is 37.2 Å². The van der Waals surface area contributed by atoms with Crippen molar-refractivity contribution in [1.29, 1.82) is 0 Å². The van der Waals surface area contributed by atoms with Crippen LogP contribution in [0.5, 0.6) is 5.75 Å². The SMILES string of the molecule is COCC(=O)Nc1ccc(NCc2c(F)ccc(NC(=O)OC)c2N2CCC(C(=O)O)CC2)cc1OC. The maximum Gasteiger partial charge on any atom is 0.411 e. The van der Waals surface area contributed by atoms with E-state index in [0.29, 0.717) is 60.0 Å². The zero-order chi connectivity index (χ0) is 26.9. The number of anilines is 4. The van der Waals surface area contributed by atoms with Gasteiger partial charge in [0.2, 0.25) is 5.91 Å². The Bertz CT molecular complexity index is 1140. The smallest absolute Gasteiger partial charge is 0.411 e. The number of ether oxygens (including phenoxy) is 3. The Balaban J connectivity index is 1.87. The lowest BCUT2D eigenvalue weighted by Gasteiger charge is -2.35. The highest BCUT2D eigenvalue weighted by atomic mass is 19.1. The van der Waals surface area contributed by atoms with Gasteiger partial charge < -0.3 is 34.9 Å². The Morgan fingerprint density at radius 3 is 2.38 bits per heavy atom. The van der Waals surface area contributed by atoms with E-state index in [-0.39, 0.29) is 19.1 Å². The molecule has 0 aromatic heterocycles. The van der Waals surface area contributed by atoms with Gasteiger partial charge in [0.15, 0.2) is 0 Å². The minimum Gasteiger partial charge on any atom is -0.494 e. The normalized spacial score (nSPS) is 13.6. The molecule has 3 rings (SSSR count). The number of benzene rings is 2. The number of piperidine rings is 1. The lowest BCUT2D eigenvalue weighted by molar-refractivity contribution is -0.142. The third kappa shape index (κ3) is 7.00. The fourth-order valence-electron chi connectivity index (χ4n) is 4.17. The average Bonchev–Trinajstić information content (AvgIpc) is 2.89. The van der Waals surface area contributed by atoms with Gasteiger partial charge in [-0.2, -0.15) is 0 Å². The molecule has 0 aliphatic carbocycles. The van der Waals surface area contributed by atoms with Crippen LogP contribution in [0, 0.1) is 11.7 Å². The summed E-state index contributed by atoms with van der Waals surface area (Å²) in [7, 11) is 4.11. The Morgan fingerprint density at radius 1 is 1.05 bits per heavy atom. The first-order chi connectivity index (χ1) is 17.8. The zero-order valence-electron chi connectivity index (χ0n) is 20.9. The molecule has 4 N–H and O–H groups in total. The lowest BCUT2D eigenvalue weighted by Crippen LogP contribution is -2.37. The van der Waals surface area contributed by atoms with Crippen molar-refractivity contribution in [2.45, 2.75) is 19.4 Å². The summed E-state index contributed by atoms with van der Waals surface area (Å²) in [5.74, 6) is -1.77. The van der Waals surface area contributed by atoms with Crippen LogP contribution < -0.4 is 25.6 Å². The quantitative estimate of drug-likeness (QED) is 0.372. The van der Waals surface area contributed by atoms with Crippen LogP contribution in [0.3, 0.4) is 0 Å². The van der Waals surface area contributed by atoms with Gasteiger partial charge in [-0.3, -0.25) is 14.9 Å². The molecule has 0 bridgehead atoms. The Labute approximate surface area is 213 Å². The number of methoxy groups -OCH3 is 3. The molecular formula is C25H31FN4O7. The number of halogens is 1. The first-order valence-electron chi connectivity index (χ1n) is 11.6. The highest BCUT2D eigenvalue weighted by molar-refractivity contribution is 5.93. The van der Waals surface area contributed by atoms with E-state index in [4.69, 9.17) is 14.2 Å². The molecule has 2 aromatic carbocycles. The topological polar surface area (TPSA) is 138 Å². The monoisotopic (exact) mass is 518 g/mol. The summed E-state index contributed by atoms with van der Waals surface area (Å²) in [6.45, 7) is 0.708. The third-order valence-corrected chi connectivity index (χ3v) is 6.03. The number of carbonyl (C=O) groups is 3. The highest BCUT2D eigenvalue weighted by Crippen LogP contribution is 2.36. The standard InChI is InChI=1S/C25H31FN4O7/c1-35-14-22(31)28-19-6-4-16(12-21(19)36-2)27-13-17-18(26)5-7-20(29-25(34)37-3)23(17)30-10-8-15(9-11-30)24(32)33/h4-7,12,15,27H,8-11,13-14H2,1-3H3,(H,28,31)(H,29,34)(H,32,33). The molecule has 1 fully saturated rings. The van der Waals surface area contributed by atoms with Crippen molar-refractivity contribution < 1.29 is 38.1 Å². The second kappa shape index (κ2) is 12.8. The Kier molecular flexibility index (Phi) is 9.50. The summed E-state index contributed by atoms with van der Waals surface area (Å²) in [5, 5.41) is 17.8. The third-order valence-electron chi connectivity index (χ3n) is 6.03. The van der Waals surface area contributed by atoms with Gasteiger partial charge in [-0.1, -0.05) is 0 Å².